The molecule has 2 N–H and O–H groups in total. The molecule has 0 fully saturated rings. The number of nitrogens with one attached hydrogen (secondary N) is 2. The third-order valence-corrected chi connectivity index (χ3v) is 5.34. The maximum Gasteiger partial charge on any atom is 0.417 e. The molecule has 0 aliphatic heterocycles. The van der Waals surface area contributed by atoms with E-state index in [0.29, 0.717) is 33.8 Å². The summed E-state index contributed by atoms with van der Waals surface area (Å²) >= 11 is 0. The summed E-state index contributed by atoms with van der Waals surface area (Å²) in [6.07, 6.45) is -4.53. The van der Waals surface area contributed by atoms with Gasteiger partial charge in [-0.25, -0.2) is 4.98 Å². The first-order valence-corrected chi connectivity index (χ1v) is 10.5. The van der Waals surface area contributed by atoms with Gasteiger partial charge in [0.15, 0.2) is 0 Å². The van der Waals surface area contributed by atoms with Gasteiger partial charge < -0.3 is 15.2 Å². The zero-order chi connectivity index (χ0) is 23.8. The topological polar surface area (TPSA) is 59.0 Å². The van der Waals surface area contributed by atoms with Crippen molar-refractivity contribution in [3.63, 3.8) is 0 Å². The van der Waals surface area contributed by atoms with Crippen molar-refractivity contribution < 1.29 is 18.0 Å². The summed E-state index contributed by atoms with van der Waals surface area (Å²) in [5, 5.41) is 5.74. The number of fused-ring (bicyclic) bond motifs is 1. The average Bonchev–Trinajstić information content (AvgIpc) is 3.15. The van der Waals surface area contributed by atoms with Crippen molar-refractivity contribution in [2.24, 2.45) is 0 Å². The van der Waals surface area contributed by atoms with E-state index >= 15 is 0 Å². The van der Waals surface area contributed by atoms with E-state index in [0.717, 1.165) is 6.07 Å². The maximum atomic E-state index is 14.0. The third kappa shape index (κ3) is 4.41. The number of anilines is 2. The van der Waals surface area contributed by atoms with Crippen LogP contribution >= 0.6 is 0 Å². The quantitative estimate of drug-likeness (QED) is 0.368. The number of hydrogen-bond donors (Lipinski definition) is 2. The lowest BCUT2D eigenvalue weighted by molar-refractivity contribution is -0.137. The first-order valence-electron chi connectivity index (χ1n) is 10.5. The van der Waals surface area contributed by atoms with Crippen molar-refractivity contribution in [1.82, 2.24) is 14.9 Å². The minimum atomic E-state index is -4.53. The summed E-state index contributed by atoms with van der Waals surface area (Å²) < 4.78 is 43.8. The van der Waals surface area contributed by atoms with Gasteiger partial charge in [0.1, 0.15) is 0 Å². The molecule has 0 unspecified atom stereocenters. The summed E-state index contributed by atoms with van der Waals surface area (Å²) in [4.78, 5) is 16.6. The monoisotopic (exact) mass is 452 g/mol. The second-order valence-electron chi connectivity index (χ2n) is 7.93. The molecule has 1 heterocycles. The van der Waals surface area contributed by atoms with E-state index in [1.807, 2.05) is 13.8 Å². The Bertz CT molecular complexity index is 1310. The summed E-state index contributed by atoms with van der Waals surface area (Å²) in [6, 6.07) is 17.8. The highest BCUT2D eigenvalue weighted by atomic mass is 19.4. The number of amides is 1. The molecule has 8 heteroatoms. The average molecular weight is 452 g/mol. The molecule has 5 nitrogen and oxygen atoms in total. The van der Waals surface area contributed by atoms with E-state index < -0.39 is 11.7 Å². The molecule has 1 amide bonds. The molecule has 33 heavy (non-hydrogen) atoms. The van der Waals surface area contributed by atoms with Gasteiger partial charge in [0.05, 0.1) is 16.6 Å². The SMILES string of the molecule is CNC(=O)c1cccc(Nc2nc3cc(-c4ccccc4)c(C(F)(F)F)cc3n2C(C)C)c1. The third-order valence-electron chi connectivity index (χ3n) is 5.34. The summed E-state index contributed by atoms with van der Waals surface area (Å²) in [5.74, 6) is 0.158. The smallest absolute Gasteiger partial charge is 0.355 e. The number of rotatable bonds is 5. The van der Waals surface area contributed by atoms with Crippen molar-refractivity contribution in [1.29, 1.82) is 0 Å². The Labute approximate surface area is 189 Å². The predicted molar refractivity (Wildman–Crippen MR) is 124 cm³/mol. The molecule has 4 rings (SSSR count). The molecule has 0 saturated carbocycles. The number of carbonyl (C=O) groups is 1. The molecule has 0 atom stereocenters. The second kappa shape index (κ2) is 8.61. The second-order valence-corrected chi connectivity index (χ2v) is 7.93. The molecule has 0 aliphatic carbocycles. The zero-order valence-electron chi connectivity index (χ0n) is 18.4. The fraction of sp³-hybridized carbons (Fsp3) is 0.200. The number of carbonyl (C=O) groups excluding carboxylic acids is 1. The highest BCUT2D eigenvalue weighted by molar-refractivity contribution is 5.95. The van der Waals surface area contributed by atoms with Gasteiger partial charge >= 0.3 is 6.18 Å². The van der Waals surface area contributed by atoms with Gasteiger partial charge in [-0.2, -0.15) is 13.2 Å². The molecule has 170 valence electrons. The number of hydrogen-bond acceptors (Lipinski definition) is 3. The molecule has 0 radical (unpaired) electrons. The van der Waals surface area contributed by atoms with Crippen LogP contribution in [-0.4, -0.2) is 22.5 Å². The molecule has 0 saturated heterocycles. The first-order chi connectivity index (χ1) is 15.7. The predicted octanol–water partition coefficient (Wildman–Crippen LogP) is 6.41. The summed E-state index contributed by atoms with van der Waals surface area (Å²) in [6.45, 7) is 3.76. The minimum absolute atomic E-state index is 0.0807. The summed E-state index contributed by atoms with van der Waals surface area (Å²) in [7, 11) is 1.54. The Morgan fingerprint density at radius 1 is 1.00 bits per heavy atom. The van der Waals surface area contributed by atoms with Crippen LogP contribution in [0.4, 0.5) is 24.8 Å². The van der Waals surface area contributed by atoms with E-state index in [2.05, 4.69) is 15.6 Å². The molecular weight excluding hydrogens is 429 g/mol. The van der Waals surface area contributed by atoms with Crippen LogP contribution in [0.15, 0.2) is 66.7 Å². The van der Waals surface area contributed by atoms with E-state index in [1.165, 1.54) is 6.07 Å². The van der Waals surface area contributed by atoms with Gasteiger partial charge in [-0.1, -0.05) is 36.4 Å². The van der Waals surface area contributed by atoms with Crippen LogP contribution < -0.4 is 10.6 Å². The molecular formula is C25H23F3N4O. The van der Waals surface area contributed by atoms with E-state index in [1.54, 1.807) is 66.2 Å². The Kier molecular flexibility index (Phi) is 5.84. The largest absolute Gasteiger partial charge is 0.417 e. The Morgan fingerprint density at radius 3 is 2.36 bits per heavy atom. The molecule has 4 aromatic rings. The van der Waals surface area contributed by atoms with Crippen molar-refractivity contribution in [3.05, 3.63) is 77.9 Å². The van der Waals surface area contributed by atoms with Gasteiger partial charge in [0.2, 0.25) is 5.95 Å². The lowest BCUT2D eigenvalue weighted by atomic mass is 9.98. The Morgan fingerprint density at radius 2 is 1.73 bits per heavy atom. The van der Waals surface area contributed by atoms with Crippen LogP contribution in [-0.2, 0) is 6.18 Å². The number of alkyl halides is 3. The highest BCUT2D eigenvalue weighted by Gasteiger charge is 2.35. The molecule has 0 aliphatic rings. The molecule has 0 bridgehead atoms. The fourth-order valence-corrected chi connectivity index (χ4v) is 3.86. The van der Waals surface area contributed by atoms with Gasteiger partial charge in [-0.3, -0.25) is 4.79 Å². The lowest BCUT2D eigenvalue weighted by Crippen LogP contribution is -2.17. The van der Waals surface area contributed by atoms with Crippen molar-refractivity contribution in [2.75, 3.05) is 12.4 Å². The first kappa shape index (κ1) is 22.4. The van der Waals surface area contributed by atoms with Gasteiger partial charge in [0, 0.05) is 24.3 Å². The summed E-state index contributed by atoms with van der Waals surface area (Å²) in [5.41, 5.74) is 1.72. The maximum absolute atomic E-state index is 14.0. The minimum Gasteiger partial charge on any atom is -0.355 e. The van der Waals surface area contributed by atoms with Gasteiger partial charge in [0.25, 0.3) is 5.91 Å². The van der Waals surface area contributed by atoms with Crippen LogP contribution in [0.25, 0.3) is 22.2 Å². The number of nitrogens with zero attached hydrogens (tertiary/aromatic N) is 2. The van der Waals surface area contributed by atoms with Crippen molar-refractivity contribution in [2.45, 2.75) is 26.1 Å². The van der Waals surface area contributed by atoms with Crippen LogP contribution in [0.3, 0.4) is 0 Å². The van der Waals surface area contributed by atoms with Crippen LogP contribution in [0.1, 0.15) is 35.8 Å². The molecule has 1 aromatic heterocycles. The zero-order valence-corrected chi connectivity index (χ0v) is 18.4. The van der Waals surface area contributed by atoms with E-state index in [-0.39, 0.29) is 17.5 Å². The number of benzene rings is 3. The van der Waals surface area contributed by atoms with Crippen molar-refractivity contribution >= 4 is 28.6 Å². The van der Waals surface area contributed by atoms with E-state index in [9.17, 15) is 18.0 Å². The van der Waals surface area contributed by atoms with E-state index in [4.69, 9.17) is 0 Å². The number of halogens is 3. The fourth-order valence-electron chi connectivity index (χ4n) is 3.86. The lowest BCUT2D eigenvalue weighted by Gasteiger charge is -2.17. The standard InChI is InChI=1S/C25H23F3N4O/c1-15(2)32-22-14-20(25(26,27)28)19(16-8-5-4-6-9-16)13-21(22)31-24(32)30-18-11-7-10-17(12-18)23(33)29-3/h4-15H,1-3H3,(H,29,33)(H,30,31). The number of aromatic nitrogens is 2. The normalized spacial score (nSPS) is 11.7. The number of imidazole rings is 1. The highest BCUT2D eigenvalue weighted by Crippen LogP contribution is 2.40. The van der Waals surface area contributed by atoms with Crippen LogP contribution in [0.2, 0.25) is 0 Å². The molecule has 3 aromatic carbocycles. The van der Waals surface area contributed by atoms with Gasteiger partial charge in [-0.15, -0.1) is 0 Å². The Hall–Kier alpha value is -3.81. The Balaban J connectivity index is 1.89. The van der Waals surface area contributed by atoms with Crippen molar-refractivity contribution in [3.8, 4) is 11.1 Å². The molecule has 0 spiro atoms. The van der Waals surface area contributed by atoms with Crippen LogP contribution in [0.5, 0.6) is 0 Å². The van der Waals surface area contributed by atoms with Crippen LogP contribution in [0, 0.1) is 0 Å². The van der Waals surface area contributed by atoms with Gasteiger partial charge in [-0.05, 0) is 55.3 Å².